The van der Waals surface area contributed by atoms with Crippen molar-refractivity contribution < 1.29 is 13.9 Å². The van der Waals surface area contributed by atoms with Gasteiger partial charge in [-0.1, -0.05) is 6.92 Å². The Morgan fingerprint density at radius 2 is 1.80 bits per heavy atom. The van der Waals surface area contributed by atoms with Gasteiger partial charge in [0, 0.05) is 11.1 Å². The second-order valence-electron chi connectivity index (χ2n) is 4.33. The summed E-state index contributed by atoms with van der Waals surface area (Å²) in [4.78, 5) is 12.3. The average molecular weight is 337 g/mol. The van der Waals surface area contributed by atoms with Crippen molar-refractivity contribution in [3.63, 3.8) is 0 Å². The van der Waals surface area contributed by atoms with Crippen molar-refractivity contribution in [3.8, 4) is 5.75 Å². The third kappa shape index (κ3) is 3.45. The van der Waals surface area contributed by atoms with Gasteiger partial charge in [0.05, 0.1) is 11.1 Å². The molecule has 0 saturated heterocycles. The molecule has 0 heterocycles. The number of carbonyl (C=O) groups is 1. The third-order valence-corrected chi connectivity index (χ3v) is 3.38. The largest absolute Gasteiger partial charge is 0.492 e. The summed E-state index contributed by atoms with van der Waals surface area (Å²) in [5.74, 6) is 0.210. The van der Waals surface area contributed by atoms with Gasteiger partial charge in [-0.2, -0.15) is 0 Å². The first kappa shape index (κ1) is 14.7. The minimum absolute atomic E-state index is 0.146. The lowest BCUT2D eigenvalue weighted by atomic mass is 10.0. The van der Waals surface area contributed by atoms with Gasteiger partial charge in [0.25, 0.3) is 0 Å². The molecule has 0 bridgehead atoms. The van der Waals surface area contributed by atoms with E-state index < -0.39 is 0 Å². The summed E-state index contributed by atoms with van der Waals surface area (Å²) < 4.78 is 19.1. The maximum Gasteiger partial charge on any atom is 0.193 e. The Hall–Kier alpha value is -1.68. The first-order chi connectivity index (χ1) is 9.61. The molecule has 2 aromatic carbocycles. The molecule has 0 amide bonds. The monoisotopic (exact) mass is 336 g/mol. The van der Waals surface area contributed by atoms with Gasteiger partial charge in [-0.3, -0.25) is 4.79 Å². The predicted molar refractivity (Wildman–Crippen MR) is 79.8 cm³/mol. The van der Waals surface area contributed by atoms with Crippen LogP contribution in [0.3, 0.4) is 0 Å². The average Bonchev–Trinajstić information content (AvgIpc) is 2.46. The van der Waals surface area contributed by atoms with Crippen LogP contribution in [0.25, 0.3) is 0 Å². The predicted octanol–water partition coefficient (Wildman–Crippen LogP) is 4.61. The van der Waals surface area contributed by atoms with E-state index in [1.54, 1.807) is 18.2 Å². The van der Waals surface area contributed by atoms with E-state index in [9.17, 15) is 9.18 Å². The van der Waals surface area contributed by atoms with E-state index in [2.05, 4.69) is 15.9 Å². The number of rotatable bonds is 5. The minimum Gasteiger partial charge on any atom is -0.492 e. The molecule has 0 unspecified atom stereocenters. The number of benzene rings is 2. The maximum atomic E-state index is 12.9. The van der Waals surface area contributed by atoms with E-state index in [-0.39, 0.29) is 11.6 Å². The van der Waals surface area contributed by atoms with Gasteiger partial charge in [-0.15, -0.1) is 0 Å². The number of ketones is 1. The lowest BCUT2D eigenvalue weighted by Crippen LogP contribution is -2.02. The van der Waals surface area contributed by atoms with Crippen molar-refractivity contribution >= 4 is 21.7 Å². The summed E-state index contributed by atoms with van der Waals surface area (Å²) in [5.41, 5.74) is 0.993. The van der Waals surface area contributed by atoms with Gasteiger partial charge in [-0.25, -0.2) is 4.39 Å². The van der Waals surface area contributed by atoms with Crippen molar-refractivity contribution in [1.82, 2.24) is 0 Å². The standard InChI is InChI=1S/C16H14BrFO2/c1-2-9-20-15-8-5-12(10-14(15)17)16(19)11-3-6-13(18)7-4-11/h3-8,10H,2,9H2,1H3. The van der Waals surface area contributed by atoms with Crippen LogP contribution in [0.2, 0.25) is 0 Å². The lowest BCUT2D eigenvalue weighted by molar-refractivity contribution is 0.103. The van der Waals surface area contributed by atoms with Crippen molar-refractivity contribution in [1.29, 1.82) is 0 Å². The van der Waals surface area contributed by atoms with E-state index in [4.69, 9.17) is 4.74 Å². The number of hydrogen-bond donors (Lipinski definition) is 0. The van der Waals surface area contributed by atoms with Crippen LogP contribution in [0.4, 0.5) is 4.39 Å². The summed E-state index contributed by atoms with van der Waals surface area (Å²) >= 11 is 3.39. The maximum absolute atomic E-state index is 12.9. The molecule has 0 aromatic heterocycles. The fraction of sp³-hybridized carbons (Fsp3) is 0.188. The zero-order valence-corrected chi connectivity index (χ0v) is 12.6. The third-order valence-electron chi connectivity index (χ3n) is 2.76. The van der Waals surface area contributed by atoms with Gasteiger partial charge < -0.3 is 4.74 Å². The van der Waals surface area contributed by atoms with Crippen molar-refractivity contribution in [3.05, 3.63) is 63.9 Å². The molecule has 0 radical (unpaired) electrons. The molecule has 4 heteroatoms. The molecule has 0 aliphatic rings. The summed E-state index contributed by atoms with van der Waals surface area (Å²) in [6.45, 7) is 2.66. The minimum atomic E-state index is -0.356. The topological polar surface area (TPSA) is 26.3 Å². The van der Waals surface area contributed by atoms with E-state index in [1.165, 1.54) is 24.3 Å². The van der Waals surface area contributed by atoms with E-state index in [1.807, 2.05) is 6.92 Å². The molecule has 2 nitrogen and oxygen atoms in total. The van der Waals surface area contributed by atoms with Crippen LogP contribution in [0.1, 0.15) is 29.3 Å². The molecule has 0 atom stereocenters. The normalized spacial score (nSPS) is 10.3. The van der Waals surface area contributed by atoms with E-state index in [0.29, 0.717) is 23.5 Å². The Morgan fingerprint density at radius 1 is 1.15 bits per heavy atom. The Labute approximate surface area is 125 Å². The van der Waals surface area contributed by atoms with Crippen LogP contribution in [-0.2, 0) is 0 Å². The summed E-state index contributed by atoms with van der Waals surface area (Å²) in [7, 11) is 0. The molecule has 0 N–H and O–H groups in total. The lowest BCUT2D eigenvalue weighted by Gasteiger charge is -2.08. The zero-order chi connectivity index (χ0) is 14.5. The number of ether oxygens (including phenoxy) is 1. The van der Waals surface area contributed by atoms with E-state index >= 15 is 0 Å². The first-order valence-electron chi connectivity index (χ1n) is 6.34. The highest BCUT2D eigenvalue weighted by Gasteiger charge is 2.11. The SMILES string of the molecule is CCCOc1ccc(C(=O)c2ccc(F)cc2)cc1Br. The fourth-order valence-corrected chi connectivity index (χ4v) is 2.23. The number of halogens is 2. The first-order valence-corrected chi connectivity index (χ1v) is 7.13. The van der Waals surface area contributed by atoms with Crippen molar-refractivity contribution in [2.24, 2.45) is 0 Å². The van der Waals surface area contributed by atoms with Gasteiger partial charge >= 0.3 is 0 Å². The second-order valence-corrected chi connectivity index (χ2v) is 5.18. The molecule has 0 aliphatic heterocycles. The van der Waals surface area contributed by atoms with Gasteiger partial charge in [0.15, 0.2) is 5.78 Å². The van der Waals surface area contributed by atoms with Crippen molar-refractivity contribution in [2.75, 3.05) is 6.61 Å². The Bertz CT molecular complexity index is 608. The van der Waals surface area contributed by atoms with Crippen LogP contribution in [0.15, 0.2) is 46.9 Å². The summed E-state index contributed by atoms with van der Waals surface area (Å²) in [5, 5.41) is 0. The molecular weight excluding hydrogens is 323 g/mol. The Balaban J connectivity index is 2.22. The Morgan fingerprint density at radius 3 is 2.40 bits per heavy atom. The summed E-state index contributed by atoms with van der Waals surface area (Å²) in [6, 6.07) is 10.7. The van der Waals surface area contributed by atoms with E-state index in [0.717, 1.165) is 10.9 Å². The number of carbonyl (C=O) groups excluding carboxylic acids is 1. The molecule has 2 rings (SSSR count). The summed E-state index contributed by atoms with van der Waals surface area (Å²) in [6.07, 6.45) is 0.919. The molecule has 2 aromatic rings. The van der Waals surface area contributed by atoms with Crippen LogP contribution >= 0.6 is 15.9 Å². The second kappa shape index (κ2) is 6.66. The van der Waals surface area contributed by atoms with Crippen LogP contribution in [-0.4, -0.2) is 12.4 Å². The smallest absolute Gasteiger partial charge is 0.193 e. The van der Waals surface area contributed by atoms with Crippen molar-refractivity contribution in [2.45, 2.75) is 13.3 Å². The Kier molecular flexibility index (Phi) is 4.90. The molecule has 20 heavy (non-hydrogen) atoms. The molecular formula is C16H14BrFO2. The molecule has 0 fully saturated rings. The van der Waals surface area contributed by atoms with Crippen LogP contribution in [0.5, 0.6) is 5.75 Å². The fourth-order valence-electron chi connectivity index (χ4n) is 1.74. The molecule has 0 saturated carbocycles. The van der Waals surface area contributed by atoms with Gasteiger partial charge in [0.1, 0.15) is 11.6 Å². The molecule has 104 valence electrons. The highest BCUT2D eigenvalue weighted by Crippen LogP contribution is 2.27. The van der Waals surface area contributed by atoms with Gasteiger partial charge in [0.2, 0.25) is 0 Å². The van der Waals surface area contributed by atoms with Crippen LogP contribution < -0.4 is 4.74 Å². The zero-order valence-electron chi connectivity index (χ0n) is 11.0. The highest BCUT2D eigenvalue weighted by molar-refractivity contribution is 9.10. The molecule has 0 aliphatic carbocycles. The molecule has 0 spiro atoms. The van der Waals surface area contributed by atoms with Gasteiger partial charge in [-0.05, 0) is 64.8 Å². The van der Waals surface area contributed by atoms with Crippen LogP contribution in [0, 0.1) is 5.82 Å². The quantitative estimate of drug-likeness (QED) is 0.745. The highest BCUT2D eigenvalue weighted by atomic mass is 79.9. The number of hydrogen-bond acceptors (Lipinski definition) is 2.